The van der Waals surface area contributed by atoms with E-state index < -0.39 is 5.97 Å². The van der Waals surface area contributed by atoms with E-state index in [1.165, 1.54) is 6.07 Å². The third-order valence-electron chi connectivity index (χ3n) is 2.73. The maximum atomic E-state index is 11.7. The monoisotopic (exact) mass is 277 g/mol. The summed E-state index contributed by atoms with van der Waals surface area (Å²) in [6.07, 6.45) is 0.233. The second-order valence-corrected chi connectivity index (χ2v) is 4.42. The van der Waals surface area contributed by atoms with E-state index in [0.29, 0.717) is 6.54 Å². The van der Waals surface area contributed by atoms with Gasteiger partial charge in [0, 0.05) is 24.7 Å². The smallest absolute Gasteiger partial charge is 0.353 e. The SMILES string of the molecule is Cc1cc(C)n(CCC(=O)Nc2cc(C(=O)O)[nH]n2)n1. The summed E-state index contributed by atoms with van der Waals surface area (Å²) in [4.78, 5) is 22.4. The standard InChI is InChI=1S/C12H15N5O3/c1-7-5-8(2)17(16-7)4-3-11(18)13-10-6-9(12(19)20)14-15-10/h5-6H,3-4H2,1-2H3,(H,19,20)(H2,13,14,15,18). The minimum atomic E-state index is -1.12. The highest BCUT2D eigenvalue weighted by molar-refractivity contribution is 5.92. The number of carbonyl (C=O) groups excluding carboxylic acids is 1. The van der Waals surface area contributed by atoms with Gasteiger partial charge in [-0.1, -0.05) is 0 Å². The van der Waals surface area contributed by atoms with Crippen molar-refractivity contribution in [1.29, 1.82) is 0 Å². The normalized spacial score (nSPS) is 10.5. The van der Waals surface area contributed by atoms with Crippen molar-refractivity contribution in [2.45, 2.75) is 26.8 Å². The molecule has 0 aromatic carbocycles. The van der Waals surface area contributed by atoms with Crippen LogP contribution in [0.3, 0.4) is 0 Å². The number of aryl methyl sites for hydroxylation is 3. The molecule has 2 aromatic heterocycles. The quantitative estimate of drug-likeness (QED) is 0.753. The minimum Gasteiger partial charge on any atom is -0.477 e. The number of aromatic amines is 1. The molecule has 0 aliphatic heterocycles. The van der Waals surface area contributed by atoms with Gasteiger partial charge in [-0.2, -0.15) is 10.2 Å². The zero-order valence-electron chi connectivity index (χ0n) is 11.2. The van der Waals surface area contributed by atoms with Gasteiger partial charge in [-0.3, -0.25) is 14.6 Å². The maximum absolute atomic E-state index is 11.7. The first-order valence-electron chi connectivity index (χ1n) is 6.05. The van der Waals surface area contributed by atoms with Crippen molar-refractivity contribution in [3.8, 4) is 0 Å². The summed E-state index contributed by atoms with van der Waals surface area (Å²) in [6, 6.07) is 3.20. The average molecular weight is 277 g/mol. The number of nitrogens with zero attached hydrogens (tertiary/aromatic N) is 3. The Balaban J connectivity index is 1.89. The average Bonchev–Trinajstić information content (AvgIpc) is 2.94. The molecule has 0 aliphatic carbocycles. The van der Waals surface area contributed by atoms with Gasteiger partial charge < -0.3 is 10.4 Å². The van der Waals surface area contributed by atoms with Crippen molar-refractivity contribution in [1.82, 2.24) is 20.0 Å². The van der Waals surface area contributed by atoms with Gasteiger partial charge in [0.05, 0.1) is 5.69 Å². The first-order chi connectivity index (χ1) is 9.45. The van der Waals surface area contributed by atoms with E-state index in [4.69, 9.17) is 5.11 Å². The van der Waals surface area contributed by atoms with E-state index in [9.17, 15) is 9.59 Å². The molecule has 0 saturated heterocycles. The summed E-state index contributed by atoms with van der Waals surface area (Å²) in [7, 11) is 0. The molecule has 8 nitrogen and oxygen atoms in total. The predicted octanol–water partition coefficient (Wildman–Crippen LogP) is 0.950. The van der Waals surface area contributed by atoms with Crippen LogP contribution in [0.25, 0.3) is 0 Å². The highest BCUT2D eigenvalue weighted by atomic mass is 16.4. The van der Waals surface area contributed by atoms with Gasteiger partial charge in [-0.05, 0) is 19.9 Å². The first-order valence-corrected chi connectivity index (χ1v) is 6.05. The summed E-state index contributed by atoms with van der Waals surface area (Å²) in [5.74, 6) is -1.18. The molecule has 0 spiro atoms. The molecule has 0 unspecified atom stereocenters. The van der Waals surface area contributed by atoms with Gasteiger partial charge in [0.15, 0.2) is 5.82 Å². The van der Waals surface area contributed by atoms with Gasteiger partial charge in [-0.15, -0.1) is 0 Å². The number of aromatic carboxylic acids is 1. The van der Waals surface area contributed by atoms with Crippen LogP contribution in [-0.2, 0) is 11.3 Å². The van der Waals surface area contributed by atoms with E-state index in [1.807, 2.05) is 19.9 Å². The van der Waals surface area contributed by atoms with Crippen LogP contribution in [0.5, 0.6) is 0 Å². The van der Waals surface area contributed by atoms with Crippen LogP contribution in [0.15, 0.2) is 12.1 Å². The van der Waals surface area contributed by atoms with Crippen LogP contribution in [0.4, 0.5) is 5.82 Å². The van der Waals surface area contributed by atoms with Crippen molar-refractivity contribution < 1.29 is 14.7 Å². The molecule has 3 N–H and O–H groups in total. The summed E-state index contributed by atoms with van der Waals surface area (Å²) in [5.41, 5.74) is 1.82. The third-order valence-corrected chi connectivity index (χ3v) is 2.73. The Labute approximate surface area is 114 Å². The number of anilines is 1. The van der Waals surface area contributed by atoms with Crippen LogP contribution in [0.1, 0.15) is 28.3 Å². The van der Waals surface area contributed by atoms with Crippen molar-refractivity contribution >= 4 is 17.7 Å². The van der Waals surface area contributed by atoms with Gasteiger partial charge >= 0.3 is 5.97 Å². The number of carboxylic acids is 1. The zero-order valence-corrected chi connectivity index (χ0v) is 11.2. The maximum Gasteiger partial charge on any atom is 0.353 e. The fraction of sp³-hybridized carbons (Fsp3) is 0.333. The molecule has 20 heavy (non-hydrogen) atoms. The Bertz CT molecular complexity index is 643. The Hall–Kier alpha value is -2.64. The van der Waals surface area contributed by atoms with Gasteiger partial charge in [0.25, 0.3) is 0 Å². The van der Waals surface area contributed by atoms with E-state index in [0.717, 1.165) is 11.4 Å². The summed E-state index contributed by atoms with van der Waals surface area (Å²) in [6.45, 7) is 4.27. The Morgan fingerprint density at radius 1 is 1.40 bits per heavy atom. The molecule has 8 heteroatoms. The topological polar surface area (TPSA) is 113 Å². The lowest BCUT2D eigenvalue weighted by atomic mass is 10.3. The van der Waals surface area contributed by atoms with Crippen LogP contribution in [-0.4, -0.2) is 37.0 Å². The lowest BCUT2D eigenvalue weighted by Gasteiger charge is -2.04. The number of rotatable bonds is 5. The third kappa shape index (κ3) is 3.22. The number of hydrogen-bond acceptors (Lipinski definition) is 4. The predicted molar refractivity (Wildman–Crippen MR) is 70.5 cm³/mol. The molecule has 2 aromatic rings. The van der Waals surface area contributed by atoms with E-state index in [1.54, 1.807) is 4.68 Å². The molecule has 106 valence electrons. The molecule has 2 heterocycles. The van der Waals surface area contributed by atoms with Crippen molar-refractivity contribution in [2.75, 3.05) is 5.32 Å². The largest absolute Gasteiger partial charge is 0.477 e. The Morgan fingerprint density at radius 3 is 2.70 bits per heavy atom. The number of carboxylic acid groups (broad SMARTS) is 1. The number of carbonyl (C=O) groups is 2. The number of aromatic nitrogens is 4. The fourth-order valence-corrected chi connectivity index (χ4v) is 1.81. The van der Waals surface area contributed by atoms with Crippen molar-refractivity contribution in [3.63, 3.8) is 0 Å². The molecule has 0 radical (unpaired) electrons. The van der Waals surface area contributed by atoms with E-state index in [-0.39, 0.29) is 23.8 Å². The summed E-state index contributed by atoms with van der Waals surface area (Å²) in [5, 5.41) is 21.5. The van der Waals surface area contributed by atoms with Crippen LogP contribution < -0.4 is 5.32 Å². The Kier molecular flexibility index (Phi) is 3.83. The molecular formula is C12H15N5O3. The van der Waals surface area contributed by atoms with Crippen molar-refractivity contribution in [2.24, 2.45) is 0 Å². The zero-order chi connectivity index (χ0) is 14.7. The molecule has 0 bridgehead atoms. The lowest BCUT2D eigenvalue weighted by Crippen LogP contribution is -2.15. The first kappa shape index (κ1) is 13.8. The molecular weight excluding hydrogens is 262 g/mol. The second-order valence-electron chi connectivity index (χ2n) is 4.42. The van der Waals surface area contributed by atoms with Gasteiger partial charge in [0.1, 0.15) is 5.69 Å². The summed E-state index contributed by atoms with van der Waals surface area (Å²) < 4.78 is 1.75. The number of nitrogens with one attached hydrogen (secondary N) is 2. The lowest BCUT2D eigenvalue weighted by molar-refractivity contribution is -0.116. The number of hydrogen-bond donors (Lipinski definition) is 3. The van der Waals surface area contributed by atoms with E-state index >= 15 is 0 Å². The molecule has 1 amide bonds. The number of amides is 1. The summed E-state index contributed by atoms with van der Waals surface area (Å²) >= 11 is 0. The molecule has 2 rings (SSSR count). The van der Waals surface area contributed by atoms with Crippen LogP contribution in [0, 0.1) is 13.8 Å². The van der Waals surface area contributed by atoms with Crippen molar-refractivity contribution in [3.05, 3.63) is 29.2 Å². The molecule has 0 saturated carbocycles. The van der Waals surface area contributed by atoms with Crippen LogP contribution in [0.2, 0.25) is 0 Å². The molecule has 0 atom stereocenters. The van der Waals surface area contributed by atoms with Gasteiger partial charge in [0.2, 0.25) is 5.91 Å². The number of H-pyrrole nitrogens is 1. The second kappa shape index (κ2) is 5.55. The molecule has 0 aliphatic rings. The van der Waals surface area contributed by atoms with Gasteiger partial charge in [-0.25, -0.2) is 4.79 Å². The highest BCUT2D eigenvalue weighted by Crippen LogP contribution is 2.07. The van der Waals surface area contributed by atoms with Crippen LogP contribution >= 0.6 is 0 Å². The fourth-order valence-electron chi connectivity index (χ4n) is 1.81. The molecule has 0 fully saturated rings. The highest BCUT2D eigenvalue weighted by Gasteiger charge is 2.10. The van der Waals surface area contributed by atoms with E-state index in [2.05, 4.69) is 20.6 Å². The Morgan fingerprint density at radius 2 is 2.15 bits per heavy atom. The minimum absolute atomic E-state index is 0.0705.